The van der Waals surface area contributed by atoms with Gasteiger partial charge in [0.15, 0.2) is 5.82 Å². The fourth-order valence-corrected chi connectivity index (χ4v) is 4.03. The lowest BCUT2D eigenvalue weighted by atomic mass is 9.92. The molecule has 0 spiro atoms. The van der Waals surface area contributed by atoms with Crippen molar-refractivity contribution in [3.63, 3.8) is 0 Å². The van der Waals surface area contributed by atoms with Gasteiger partial charge in [-0.1, -0.05) is 0 Å². The molecule has 1 aliphatic carbocycles. The van der Waals surface area contributed by atoms with Crippen LogP contribution in [0.5, 0.6) is 0 Å². The molecule has 1 saturated heterocycles. The number of anilines is 2. The van der Waals surface area contributed by atoms with Crippen LogP contribution in [0.15, 0.2) is 11.4 Å². The van der Waals surface area contributed by atoms with E-state index in [4.69, 9.17) is 9.72 Å². The second-order valence-corrected chi connectivity index (χ2v) is 8.12. The fourth-order valence-electron chi connectivity index (χ4n) is 3.44. The third kappa shape index (κ3) is 4.52. The van der Waals surface area contributed by atoms with E-state index in [0.29, 0.717) is 37.7 Å². The summed E-state index contributed by atoms with van der Waals surface area (Å²) in [5.74, 6) is -0.488. The van der Waals surface area contributed by atoms with Crippen LogP contribution >= 0.6 is 11.3 Å². The molecule has 2 aromatic heterocycles. The average molecular weight is 395 g/mol. The number of thiazole rings is 1. The van der Waals surface area contributed by atoms with Crippen molar-refractivity contribution < 1.29 is 13.5 Å². The molecule has 4 rings (SSSR count). The highest BCUT2D eigenvalue weighted by Crippen LogP contribution is 2.34. The molecule has 2 aliphatic rings. The Morgan fingerprint density at radius 2 is 1.93 bits per heavy atom. The van der Waals surface area contributed by atoms with Crippen LogP contribution in [0.2, 0.25) is 0 Å². The third-order valence-electron chi connectivity index (χ3n) is 4.96. The molecule has 9 heteroatoms. The van der Waals surface area contributed by atoms with E-state index in [-0.39, 0.29) is 18.9 Å². The van der Waals surface area contributed by atoms with Gasteiger partial charge >= 0.3 is 0 Å². The Balaban J connectivity index is 1.59. The lowest BCUT2D eigenvalue weighted by Crippen LogP contribution is -2.37. The molecule has 6 nitrogen and oxygen atoms in total. The summed E-state index contributed by atoms with van der Waals surface area (Å²) in [6.07, 6.45) is 0.721. The predicted molar refractivity (Wildman–Crippen MR) is 102 cm³/mol. The first-order valence-corrected chi connectivity index (χ1v) is 10.2. The molecule has 2 aromatic rings. The highest BCUT2D eigenvalue weighted by Gasteiger charge is 2.35. The van der Waals surface area contributed by atoms with Crippen LogP contribution < -0.4 is 10.2 Å². The minimum absolute atomic E-state index is 0.00193. The van der Waals surface area contributed by atoms with Crippen LogP contribution in [0.1, 0.15) is 30.7 Å². The number of nitrogens with one attached hydrogen (secondary N) is 1. The van der Waals surface area contributed by atoms with Crippen LogP contribution in [0.4, 0.5) is 20.4 Å². The largest absolute Gasteiger partial charge is 0.378 e. The Labute approximate surface area is 161 Å². The molecule has 0 radical (unpaired) electrons. The number of alkyl halides is 2. The van der Waals surface area contributed by atoms with Crippen LogP contribution in [0.3, 0.4) is 0 Å². The van der Waals surface area contributed by atoms with E-state index in [2.05, 4.69) is 20.2 Å². The van der Waals surface area contributed by atoms with E-state index in [1.807, 2.05) is 18.4 Å². The summed E-state index contributed by atoms with van der Waals surface area (Å²) in [5, 5.41) is 6.24. The minimum atomic E-state index is -2.54. The van der Waals surface area contributed by atoms with Gasteiger partial charge < -0.3 is 15.0 Å². The molecular formula is C18H23F2N5OS. The standard InChI is InChI=1S/C18H23F2N5OS/c1-12-21-14(11-27-12)17-23-15(22-13-2-4-18(19,20)5-3-13)10-16(24-17)25-6-8-26-9-7-25/h10-11,13H,2-9H2,1H3,(H,22,23,24). The van der Waals surface area contributed by atoms with Crippen LogP contribution in [-0.2, 0) is 4.74 Å². The van der Waals surface area contributed by atoms with Gasteiger partial charge in [0, 0.05) is 43.4 Å². The Hall–Kier alpha value is -1.87. The molecule has 1 saturated carbocycles. The number of hydrogen-bond donors (Lipinski definition) is 1. The third-order valence-corrected chi connectivity index (χ3v) is 5.74. The van der Waals surface area contributed by atoms with Gasteiger partial charge in [-0.3, -0.25) is 0 Å². The van der Waals surface area contributed by atoms with Gasteiger partial charge in [-0.25, -0.2) is 23.7 Å². The molecule has 2 fully saturated rings. The zero-order valence-corrected chi connectivity index (χ0v) is 16.1. The summed E-state index contributed by atoms with van der Waals surface area (Å²) in [7, 11) is 0. The average Bonchev–Trinajstić information content (AvgIpc) is 3.10. The Kier molecular flexibility index (Phi) is 5.23. The zero-order chi connectivity index (χ0) is 18.9. The second kappa shape index (κ2) is 7.63. The Morgan fingerprint density at radius 3 is 2.59 bits per heavy atom. The van der Waals surface area contributed by atoms with E-state index in [0.717, 1.165) is 29.6 Å². The van der Waals surface area contributed by atoms with Gasteiger partial charge in [0.1, 0.15) is 17.3 Å². The van der Waals surface area contributed by atoms with Crippen molar-refractivity contribution in [2.75, 3.05) is 36.5 Å². The number of rotatable bonds is 4. The first kappa shape index (κ1) is 18.5. The predicted octanol–water partition coefficient (Wildman–Crippen LogP) is 3.73. The van der Waals surface area contributed by atoms with Crippen LogP contribution in [-0.4, -0.2) is 53.2 Å². The fraction of sp³-hybridized carbons (Fsp3) is 0.611. The number of hydrogen-bond acceptors (Lipinski definition) is 7. The number of halogens is 2. The summed E-state index contributed by atoms with van der Waals surface area (Å²) < 4.78 is 32.3. The number of ether oxygens (including phenoxy) is 1. The molecular weight excluding hydrogens is 372 g/mol. The molecule has 27 heavy (non-hydrogen) atoms. The van der Waals surface area contributed by atoms with Crippen LogP contribution in [0.25, 0.3) is 11.5 Å². The molecule has 1 N–H and O–H groups in total. The molecule has 0 atom stereocenters. The Bertz CT molecular complexity index is 784. The normalized spacial score (nSPS) is 20.6. The quantitative estimate of drug-likeness (QED) is 0.851. The first-order chi connectivity index (χ1) is 13.0. The molecule has 0 unspecified atom stereocenters. The van der Waals surface area contributed by atoms with Gasteiger partial charge in [-0.2, -0.15) is 0 Å². The van der Waals surface area contributed by atoms with E-state index < -0.39 is 5.92 Å². The lowest BCUT2D eigenvalue weighted by molar-refractivity contribution is -0.0361. The number of nitrogens with zero attached hydrogens (tertiary/aromatic N) is 4. The second-order valence-electron chi connectivity index (χ2n) is 7.06. The first-order valence-electron chi connectivity index (χ1n) is 9.27. The molecule has 0 bridgehead atoms. The summed E-state index contributed by atoms with van der Waals surface area (Å²) in [4.78, 5) is 16.0. The van der Waals surface area contributed by atoms with E-state index >= 15 is 0 Å². The van der Waals surface area contributed by atoms with Crippen molar-refractivity contribution in [2.24, 2.45) is 0 Å². The molecule has 1 aliphatic heterocycles. The minimum Gasteiger partial charge on any atom is -0.378 e. The Morgan fingerprint density at radius 1 is 1.19 bits per heavy atom. The number of morpholine rings is 1. The monoisotopic (exact) mass is 395 g/mol. The maximum absolute atomic E-state index is 13.4. The van der Waals surface area contributed by atoms with Crippen molar-refractivity contribution in [1.29, 1.82) is 0 Å². The van der Waals surface area contributed by atoms with E-state index in [1.54, 1.807) is 11.3 Å². The van der Waals surface area contributed by atoms with Crippen molar-refractivity contribution in [3.8, 4) is 11.5 Å². The van der Waals surface area contributed by atoms with Gasteiger partial charge in [-0.05, 0) is 19.8 Å². The van der Waals surface area contributed by atoms with Crippen molar-refractivity contribution in [1.82, 2.24) is 15.0 Å². The van der Waals surface area contributed by atoms with Gasteiger partial charge in [0.05, 0.1) is 18.2 Å². The summed E-state index contributed by atoms with van der Waals surface area (Å²) >= 11 is 1.55. The van der Waals surface area contributed by atoms with Gasteiger partial charge in [0.25, 0.3) is 0 Å². The van der Waals surface area contributed by atoms with E-state index in [9.17, 15) is 8.78 Å². The topological polar surface area (TPSA) is 63.2 Å². The van der Waals surface area contributed by atoms with E-state index in [1.165, 1.54) is 0 Å². The maximum atomic E-state index is 13.4. The van der Waals surface area contributed by atoms with Gasteiger partial charge in [-0.15, -0.1) is 11.3 Å². The molecule has 146 valence electrons. The number of aromatic nitrogens is 3. The van der Waals surface area contributed by atoms with Crippen molar-refractivity contribution in [2.45, 2.75) is 44.6 Å². The number of aryl methyl sites for hydroxylation is 1. The SMILES string of the molecule is Cc1nc(-c2nc(NC3CCC(F)(F)CC3)cc(N3CCOCC3)n2)cs1. The molecule has 0 aromatic carbocycles. The molecule has 3 heterocycles. The summed E-state index contributed by atoms with van der Waals surface area (Å²) in [6.45, 7) is 4.80. The summed E-state index contributed by atoms with van der Waals surface area (Å²) in [6, 6.07) is 1.91. The highest BCUT2D eigenvalue weighted by atomic mass is 32.1. The van der Waals surface area contributed by atoms with Gasteiger partial charge in [0.2, 0.25) is 5.92 Å². The maximum Gasteiger partial charge on any atom is 0.248 e. The van der Waals surface area contributed by atoms with Crippen LogP contribution in [0, 0.1) is 6.92 Å². The smallest absolute Gasteiger partial charge is 0.248 e. The summed E-state index contributed by atoms with van der Waals surface area (Å²) in [5.41, 5.74) is 0.742. The lowest BCUT2D eigenvalue weighted by Gasteiger charge is -2.30. The van der Waals surface area contributed by atoms with Crippen molar-refractivity contribution in [3.05, 3.63) is 16.5 Å². The zero-order valence-electron chi connectivity index (χ0n) is 15.3. The molecule has 0 amide bonds. The highest BCUT2D eigenvalue weighted by molar-refractivity contribution is 7.09. The van der Waals surface area contributed by atoms with Crippen molar-refractivity contribution >= 4 is 23.0 Å².